The van der Waals surface area contributed by atoms with Crippen LogP contribution in [0.1, 0.15) is 11.3 Å². The van der Waals surface area contributed by atoms with Gasteiger partial charge in [-0.05, 0) is 25.1 Å². The van der Waals surface area contributed by atoms with E-state index in [1.54, 1.807) is 30.3 Å². The highest BCUT2D eigenvalue weighted by molar-refractivity contribution is 6.31. The van der Waals surface area contributed by atoms with E-state index >= 15 is 0 Å². The molecular formula is C12H12ClN3O. The largest absolute Gasteiger partial charge is 0.504 e. The molecule has 2 aromatic rings. The standard InChI is InChI=1S/C12H12ClN3O/c1-9-8-11(16-6-3-5-14-16)10(4-7-17-2)12(13)15-9/h3-8H,1-2H3/b7-4+. The van der Waals surface area contributed by atoms with Gasteiger partial charge in [-0.2, -0.15) is 5.10 Å². The molecule has 0 unspecified atom stereocenters. The SMILES string of the molecule is CO/C=C/c1c(-n2cccn2)cc(C)nc1Cl. The molecule has 0 bridgehead atoms. The van der Waals surface area contributed by atoms with Gasteiger partial charge in [-0.25, -0.2) is 9.67 Å². The molecule has 0 N–H and O–H groups in total. The number of ether oxygens (including phenoxy) is 1. The van der Waals surface area contributed by atoms with Crippen LogP contribution < -0.4 is 0 Å². The summed E-state index contributed by atoms with van der Waals surface area (Å²) in [7, 11) is 1.58. The van der Waals surface area contributed by atoms with Crippen LogP contribution in [-0.2, 0) is 4.74 Å². The molecule has 0 saturated carbocycles. The molecule has 2 aromatic heterocycles. The van der Waals surface area contributed by atoms with Crippen molar-refractivity contribution in [3.8, 4) is 5.69 Å². The van der Waals surface area contributed by atoms with E-state index < -0.39 is 0 Å². The number of nitrogens with zero attached hydrogens (tertiary/aromatic N) is 3. The fraction of sp³-hybridized carbons (Fsp3) is 0.167. The van der Waals surface area contributed by atoms with Crippen molar-refractivity contribution in [3.05, 3.63) is 47.2 Å². The quantitative estimate of drug-likeness (QED) is 0.620. The second-order valence-electron chi connectivity index (χ2n) is 3.48. The molecule has 2 rings (SSSR count). The van der Waals surface area contributed by atoms with Crippen LogP contribution in [0.3, 0.4) is 0 Å². The van der Waals surface area contributed by atoms with Crippen molar-refractivity contribution in [2.24, 2.45) is 0 Å². The lowest BCUT2D eigenvalue weighted by Crippen LogP contribution is -2.00. The highest BCUT2D eigenvalue weighted by Crippen LogP contribution is 2.23. The molecule has 0 aromatic carbocycles. The summed E-state index contributed by atoms with van der Waals surface area (Å²) < 4.78 is 6.65. The minimum absolute atomic E-state index is 0.434. The van der Waals surface area contributed by atoms with Crippen LogP contribution in [0.15, 0.2) is 30.8 Å². The third kappa shape index (κ3) is 2.47. The van der Waals surface area contributed by atoms with E-state index in [-0.39, 0.29) is 0 Å². The van der Waals surface area contributed by atoms with Crippen molar-refractivity contribution >= 4 is 17.7 Å². The van der Waals surface area contributed by atoms with Crippen LogP contribution in [0.25, 0.3) is 11.8 Å². The zero-order valence-corrected chi connectivity index (χ0v) is 10.3. The molecule has 0 atom stereocenters. The molecule has 4 nitrogen and oxygen atoms in total. The van der Waals surface area contributed by atoms with Crippen LogP contribution in [0.2, 0.25) is 5.15 Å². The number of pyridine rings is 1. The molecule has 0 amide bonds. The van der Waals surface area contributed by atoms with E-state index in [4.69, 9.17) is 16.3 Å². The maximum Gasteiger partial charge on any atom is 0.138 e. The Kier molecular flexibility index (Phi) is 3.44. The Balaban J connectivity index is 2.59. The van der Waals surface area contributed by atoms with Gasteiger partial charge in [0, 0.05) is 23.7 Å². The van der Waals surface area contributed by atoms with E-state index in [2.05, 4.69) is 10.1 Å². The number of rotatable bonds is 3. The summed E-state index contributed by atoms with van der Waals surface area (Å²) >= 11 is 6.13. The van der Waals surface area contributed by atoms with Gasteiger partial charge in [-0.1, -0.05) is 11.6 Å². The maximum atomic E-state index is 6.13. The summed E-state index contributed by atoms with van der Waals surface area (Å²) in [5.41, 5.74) is 2.50. The average Bonchev–Trinajstić information content (AvgIpc) is 2.80. The second kappa shape index (κ2) is 5.01. The van der Waals surface area contributed by atoms with E-state index in [0.717, 1.165) is 16.9 Å². The van der Waals surface area contributed by atoms with Crippen molar-refractivity contribution < 1.29 is 4.74 Å². The number of aryl methyl sites for hydroxylation is 1. The summed E-state index contributed by atoms with van der Waals surface area (Å²) in [5, 5.41) is 4.63. The van der Waals surface area contributed by atoms with Crippen molar-refractivity contribution in [3.63, 3.8) is 0 Å². The lowest BCUT2D eigenvalue weighted by atomic mass is 10.2. The second-order valence-corrected chi connectivity index (χ2v) is 3.83. The van der Waals surface area contributed by atoms with Gasteiger partial charge in [0.2, 0.25) is 0 Å². The van der Waals surface area contributed by atoms with E-state index in [0.29, 0.717) is 5.15 Å². The first kappa shape index (κ1) is 11.7. The Hall–Kier alpha value is -1.81. The maximum absolute atomic E-state index is 6.13. The van der Waals surface area contributed by atoms with Crippen LogP contribution in [-0.4, -0.2) is 21.9 Å². The average molecular weight is 250 g/mol. The molecule has 88 valence electrons. The number of methoxy groups -OCH3 is 1. The van der Waals surface area contributed by atoms with Crippen LogP contribution in [0, 0.1) is 6.92 Å². The molecule has 0 aliphatic rings. The monoisotopic (exact) mass is 249 g/mol. The molecule has 0 radical (unpaired) electrons. The first-order chi connectivity index (χ1) is 8.22. The first-order valence-corrected chi connectivity index (χ1v) is 5.46. The Labute approximate surface area is 105 Å². The van der Waals surface area contributed by atoms with Gasteiger partial charge >= 0.3 is 0 Å². The molecular weight excluding hydrogens is 238 g/mol. The third-order valence-corrected chi connectivity index (χ3v) is 2.53. The number of aromatic nitrogens is 3. The normalized spacial score (nSPS) is 11.0. The zero-order valence-electron chi connectivity index (χ0n) is 9.59. The van der Waals surface area contributed by atoms with Crippen molar-refractivity contribution in [1.29, 1.82) is 0 Å². The van der Waals surface area contributed by atoms with Gasteiger partial charge < -0.3 is 4.74 Å². The Morgan fingerprint density at radius 3 is 2.94 bits per heavy atom. The summed E-state index contributed by atoms with van der Waals surface area (Å²) in [5.74, 6) is 0. The number of hydrogen-bond acceptors (Lipinski definition) is 3. The molecule has 0 aliphatic carbocycles. The van der Waals surface area contributed by atoms with Crippen LogP contribution in [0.5, 0.6) is 0 Å². The first-order valence-electron chi connectivity index (χ1n) is 5.09. The van der Waals surface area contributed by atoms with Gasteiger partial charge in [0.25, 0.3) is 0 Å². The molecule has 0 saturated heterocycles. The minimum Gasteiger partial charge on any atom is -0.504 e. The van der Waals surface area contributed by atoms with E-state index in [9.17, 15) is 0 Å². The van der Waals surface area contributed by atoms with Gasteiger partial charge in [0.1, 0.15) is 5.15 Å². The predicted octanol–water partition coefficient (Wildman–Crippen LogP) is 2.85. The van der Waals surface area contributed by atoms with Crippen LogP contribution in [0.4, 0.5) is 0 Å². The Morgan fingerprint density at radius 2 is 2.29 bits per heavy atom. The summed E-state index contributed by atoms with van der Waals surface area (Å²) in [4.78, 5) is 4.21. The fourth-order valence-electron chi connectivity index (χ4n) is 1.52. The Bertz CT molecular complexity index is 535. The van der Waals surface area contributed by atoms with Crippen molar-refractivity contribution in [2.45, 2.75) is 6.92 Å². The fourth-order valence-corrected chi connectivity index (χ4v) is 1.81. The smallest absolute Gasteiger partial charge is 0.138 e. The molecule has 0 fully saturated rings. The van der Waals surface area contributed by atoms with Gasteiger partial charge in [0.05, 0.1) is 19.1 Å². The van der Waals surface area contributed by atoms with Gasteiger partial charge in [-0.3, -0.25) is 0 Å². The van der Waals surface area contributed by atoms with E-state index in [1.807, 2.05) is 25.3 Å². The van der Waals surface area contributed by atoms with E-state index in [1.165, 1.54) is 0 Å². The molecule has 2 heterocycles. The highest BCUT2D eigenvalue weighted by atomic mass is 35.5. The lowest BCUT2D eigenvalue weighted by molar-refractivity contribution is 0.341. The van der Waals surface area contributed by atoms with Crippen molar-refractivity contribution in [1.82, 2.24) is 14.8 Å². The van der Waals surface area contributed by atoms with Crippen molar-refractivity contribution in [2.75, 3.05) is 7.11 Å². The topological polar surface area (TPSA) is 39.9 Å². The summed E-state index contributed by atoms with van der Waals surface area (Å²) in [6, 6.07) is 3.78. The molecule has 17 heavy (non-hydrogen) atoms. The lowest BCUT2D eigenvalue weighted by Gasteiger charge is -2.09. The molecule has 5 heteroatoms. The van der Waals surface area contributed by atoms with Crippen LogP contribution >= 0.6 is 11.6 Å². The Morgan fingerprint density at radius 1 is 1.47 bits per heavy atom. The predicted molar refractivity (Wildman–Crippen MR) is 67.1 cm³/mol. The summed E-state index contributed by atoms with van der Waals surface area (Å²) in [6.45, 7) is 1.89. The highest BCUT2D eigenvalue weighted by Gasteiger charge is 2.09. The molecule has 0 spiro atoms. The number of halogens is 1. The summed E-state index contributed by atoms with van der Waals surface area (Å²) in [6.07, 6.45) is 6.90. The zero-order chi connectivity index (χ0) is 12.3. The number of hydrogen-bond donors (Lipinski definition) is 0. The van der Waals surface area contributed by atoms with Gasteiger partial charge in [-0.15, -0.1) is 0 Å². The molecule has 0 aliphatic heterocycles. The minimum atomic E-state index is 0.434. The third-order valence-electron chi connectivity index (χ3n) is 2.24. The van der Waals surface area contributed by atoms with Gasteiger partial charge in [0.15, 0.2) is 0 Å².